The first-order valence-corrected chi connectivity index (χ1v) is 9.02. The largest absolute Gasteiger partial charge is 0.507 e. The summed E-state index contributed by atoms with van der Waals surface area (Å²) < 4.78 is 0.843. The van der Waals surface area contributed by atoms with E-state index in [0.29, 0.717) is 16.1 Å². The summed E-state index contributed by atoms with van der Waals surface area (Å²) in [6.07, 6.45) is 1.55. The Labute approximate surface area is 164 Å². The molecular weight excluding hydrogens is 418 g/mol. The Kier molecular flexibility index (Phi) is 5.30. The van der Waals surface area contributed by atoms with Crippen LogP contribution >= 0.6 is 27.5 Å². The normalized spacial score (nSPS) is 19.0. The van der Waals surface area contributed by atoms with Crippen molar-refractivity contribution in [3.63, 3.8) is 0 Å². The lowest BCUT2D eigenvalue weighted by Gasteiger charge is -2.24. The van der Waals surface area contributed by atoms with Crippen molar-refractivity contribution >= 4 is 45.0 Å². The summed E-state index contributed by atoms with van der Waals surface area (Å²) in [4.78, 5) is 26.5. The molecule has 1 heterocycles. The Morgan fingerprint density at radius 1 is 1.15 bits per heavy atom. The molecule has 1 saturated heterocycles. The summed E-state index contributed by atoms with van der Waals surface area (Å²) in [6.45, 7) is 3.84. The van der Waals surface area contributed by atoms with Crippen molar-refractivity contribution in [1.82, 2.24) is 4.90 Å². The van der Waals surface area contributed by atoms with Gasteiger partial charge in [-0.15, -0.1) is 6.58 Å². The van der Waals surface area contributed by atoms with E-state index >= 15 is 0 Å². The van der Waals surface area contributed by atoms with Gasteiger partial charge in [0.15, 0.2) is 0 Å². The van der Waals surface area contributed by atoms with Gasteiger partial charge in [-0.25, -0.2) is 0 Å². The first-order chi connectivity index (χ1) is 12.4. The van der Waals surface area contributed by atoms with Crippen molar-refractivity contribution in [3.05, 3.63) is 87.4 Å². The number of carbonyl (C=O) groups is 2. The molecule has 0 unspecified atom stereocenters. The fourth-order valence-corrected chi connectivity index (χ4v) is 3.35. The molecule has 1 fully saturated rings. The highest BCUT2D eigenvalue weighted by Crippen LogP contribution is 2.39. The minimum atomic E-state index is -0.716. The molecule has 1 aliphatic rings. The summed E-state index contributed by atoms with van der Waals surface area (Å²) in [5, 5.41) is 11.3. The average molecular weight is 433 g/mol. The number of nitrogens with zero attached hydrogens (tertiary/aromatic N) is 1. The second-order valence-corrected chi connectivity index (χ2v) is 7.15. The van der Waals surface area contributed by atoms with E-state index in [-0.39, 0.29) is 17.9 Å². The maximum atomic E-state index is 12.6. The highest BCUT2D eigenvalue weighted by molar-refractivity contribution is 9.10. The van der Waals surface area contributed by atoms with Crippen LogP contribution in [0.15, 0.2) is 71.2 Å². The molecule has 2 aromatic carbocycles. The van der Waals surface area contributed by atoms with Crippen molar-refractivity contribution < 1.29 is 14.7 Å². The Bertz CT molecular complexity index is 904. The number of hydrogen-bond acceptors (Lipinski definition) is 3. The predicted molar refractivity (Wildman–Crippen MR) is 105 cm³/mol. The van der Waals surface area contributed by atoms with Crippen molar-refractivity contribution in [3.8, 4) is 0 Å². The highest BCUT2D eigenvalue weighted by Gasteiger charge is 2.45. The fraction of sp³-hybridized carbons (Fsp3) is 0.100. The number of halogens is 2. The SMILES string of the molecule is C=CCN1C(=O)C(=O)C(=C(O)c2ccc(Br)cc2)[C@H]1c1ccc(Cl)cc1. The number of Topliss-reactive ketones (excluding diaryl/α,β-unsaturated/α-hetero) is 1. The fourth-order valence-electron chi connectivity index (χ4n) is 2.96. The maximum Gasteiger partial charge on any atom is 0.295 e. The predicted octanol–water partition coefficient (Wildman–Crippen LogP) is 4.71. The third-order valence-electron chi connectivity index (χ3n) is 4.17. The summed E-state index contributed by atoms with van der Waals surface area (Å²) in [7, 11) is 0. The number of likely N-dealkylation sites (tertiary alicyclic amines) is 1. The van der Waals surface area contributed by atoms with Crippen LogP contribution in [0.4, 0.5) is 0 Å². The van der Waals surface area contributed by atoms with Gasteiger partial charge >= 0.3 is 0 Å². The van der Waals surface area contributed by atoms with Crippen LogP contribution in [-0.2, 0) is 9.59 Å². The zero-order chi connectivity index (χ0) is 18.8. The van der Waals surface area contributed by atoms with Crippen LogP contribution in [0.1, 0.15) is 17.2 Å². The molecule has 0 saturated carbocycles. The van der Waals surface area contributed by atoms with E-state index in [2.05, 4.69) is 22.5 Å². The first-order valence-electron chi connectivity index (χ1n) is 7.84. The number of carbonyl (C=O) groups excluding carboxylic acids is 2. The van der Waals surface area contributed by atoms with Gasteiger partial charge in [0.05, 0.1) is 11.6 Å². The van der Waals surface area contributed by atoms with E-state index in [4.69, 9.17) is 11.6 Å². The summed E-state index contributed by atoms with van der Waals surface area (Å²) in [5.41, 5.74) is 1.21. The molecule has 0 aromatic heterocycles. The Balaban J connectivity index is 2.18. The second kappa shape index (κ2) is 7.48. The number of rotatable bonds is 4. The molecule has 0 bridgehead atoms. The minimum absolute atomic E-state index is 0.0569. The molecule has 3 rings (SSSR count). The van der Waals surface area contributed by atoms with Crippen molar-refractivity contribution in [2.75, 3.05) is 6.54 Å². The minimum Gasteiger partial charge on any atom is -0.507 e. The van der Waals surface area contributed by atoms with Gasteiger partial charge in [0.1, 0.15) is 5.76 Å². The van der Waals surface area contributed by atoms with Crippen LogP contribution in [0.2, 0.25) is 5.02 Å². The van der Waals surface area contributed by atoms with Gasteiger partial charge in [-0.3, -0.25) is 9.59 Å². The van der Waals surface area contributed by atoms with Crippen LogP contribution in [0.5, 0.6) is 0 Å². The van der Waals surface area contributed by atoms with Crippen molar-refractivity contribution in [2.24, 2.45) is 0 Å². The summed E-state index contributed by atoms with van der Waals surface area (Å²) >= 11 is 9.29. The lowest BCUT2D eigenvalue weighted by Crippen LogP contribution is -2.29. The number of ketones is 1. The number of benzene rings is 2. The van der Waals surface area contributed by atoms with E-state index in [1.54, 1.807) is 54.6 Å². The van der Waals surface area contributed by atoms with Crippen LogP contribution in [0, 0.1) is 0 Å². The monoisotopic (exact) mass is 431 g/mol. The van der Waals surface area contributed by atoms with Crippen LogP contribution in [-0.4, -0.2) is 28.2 Å². The third kappa shape index (κ3) is 3.32. The quantitative estimate of drug-likeness (QED) is 0.329. The van der Waals surface area contributed by atoms with Crippen LogP contribution < -0.4 is 0 Å². The van der Waals surface area contributed by atoms with Gasteiger partial charge in [0, 0.05) is 21.6 Å². The molecule has 1 atom stereocenters. The van der Waals surface area contributed by atoms with E-state index in [9.17, 15) is 14.7 Å². The molecule has 1 aliphatic heterocycles. The van der Waals surface area contributed by atoms with Gasteiger partial charge in [-0.1, -0.05) is 57.9 Å². The summed E-state index contributed by atoms with van der Waals surface area (Å²) in [5.74, 6) is -1.59. The lowest BCUT2D eigenvalue weighted by atomic mass is 9.95. The zero-order valence-electron chi connectivity index (χ0n) is 13.7. The Morgan fingerprint density at radius 2 is 1.77 bits per heavy atom. The smallest absolute Gasteiger partial charge is 0.295 e. The second-order valence-electron chi connectivity index (χ2n) is 5.80. The Morgan fingerprint density at radius 3 is 2.35 bits per heavy atom. The molecule has 0 spiro atoms. The van der Waals surface area contributed by atoms with E-state index < -0.39 is 17.7 Å². The molecule has 0 radical (unpaired) electrons. The number of aliphatic hydroxyl groups excluding tert-OH is 1. The molecule has 1 N–H and O–H groups in total. The molecule has 4 nitrogen and oxygen atoms in total. The number of amides is 1. The van der Waals surface area contributed by atoms with Gasteiger partial charge in [0.25, 0.3) is 11.7 Å². The average Bonchev–Trinajstić information content (AvgIpc) is 2.88. The van der Waals surface area contributed by atoms with Gasteiger partial charge in [-0.2, -0.15) is 0 Å². The van der Waals surface area contributed by atoms with E-state index in [1.165, 1.54) is 4.90 Å². The van der Waals surface area contributed by atoms with Gasteiger partial charge in [-0.05, 0) is 29.8 Å². The molecular formula is C20H15BrClNO3. The standard InChI is InChI=1S/C20H15BrClNO3/c1-2-11-23-17(12-5-9-15(22)10-6-12)16(19(25)20(23)26)18(24)13-3-7-14(21)8-4-13/h2-10,17,24H,1,11H2/t17-/m1/s1. The van der Waals surface area contributed by atoms with Gasteiger partial charge in [0.2, 0.25) is 0 Å². The van der Waals surface area contributed by atoms with E-state index in [1.807, 2.05) is 0 Å². The van der Waals surface area contributed by atoms with Crippen LogP contribution in [0.3, 0.4) is 0 Å². The first kappa shape index (κ1) is 18.4. The maximum absolute atomic E-state index is 12.6. The lowest BCUT2D eigenvalue weighted by molar-refractivity contribution is -0.139. The van der Waals surface area contributed by atoms with Crippen molar-refractivity contribution in [2.45, 2.75) is 6.04 Å². The molecule has 132 valence electrons. The van der Waals surface area contributed by atoms with Crippen LogP contribution in [0.25, 0.3) is 5.76 Å². The summed E-state index contributed by atoms with van der Waals surface area (Å²) in [6, 6.07) is 13.0. The van der Waals surface area contributed by atoms with Gasteiger partial charge < -0.3 is 10.0 Å². The topological polar surface area (TPSA) is 57.6 Å². The molecule has 1 amide bonds. The number of hydrogen-bond donors (Lipinski definition) is 1. The Hall–Kier alpha value is -2.37. The van der Waals surface area contributed by atoms with Crippen molar-refractivity contribution in [1.29, 1.82) is 0 Å². The molecule has 6 heteroatoms. The highest BCUT2D eigenvalue weighted by atomic mass is 79.9. The van der Waals surface area contributed by atoms with E-state index in [0.717, 1.165) is 4.47 Å². The number of aliphatic hydroxyl groups is 1. The molecule has 2 aromatic rings. The zero-order valence-corrected chi connectivity index (χ0v) is 16.0. The third-order valence-corrected chi connectivity index (χ3v) is 4.95. The molecule has 0 aliphatic carbocycles. The molecule has 26 heavy (non-hydrogen) atoms.